The van der Waals surface area contributed by atoms with Crippen LogP contribution in [0.15, 0.2) is 12.2 Å². The minimum atomic E-state index is -0.0888. The Hall–Kier alpha value is -0.300. The highest BCUT2D eigenvalue weighted by Crippen LogP contribution is 2.89. The summed E-state index contributed by atoms with van der Waals surface area (Å²) in [7, 11) is 0. The Kier molecular flexibility index (Phi) is 5.21. The summed E-state index contributed by atoms with van der Waals surface area (Å²) < 4.78 is 0. The highest BCUT2D eigenvalue weighted by Gasteiger charge is 2.82. The zero-order valence-electron chi connectivity index (χ0n) is 22.4. The molecule has 5 unspecified atom stereocenters. The van der Waals surface area contributed by atoms with Gasteiger partial charge in [0, 0.05) is 0 Å². The van der Waals surface area contributed by atoms with E-state index in [2.05, 4.69) is 55.0 Å². The molecular weight excluding hydrogens is 388 g/mol. The monoisotopic (exact) mass is 440 g/mol. The number of aliphatic hydroxyl groups is 1. The molecule has 2 spiro atoms. The van der Waals surface area contributed by atoms with Gasteiger partial charge in [0.15, 0.2) is 0 Å². The largest absolute Gasteiger partial charge is 0.393 e. The van der Waals surface area contributed by atoms with Crippen LogP contribution in [0.2, 0.25) is 0 Å². The summed E-state index contributed by atoms with van der Waals surface area (Å²) in [6, 6.07) is 0. The molecule has 5 saturated carbocycles. The molecule has 0 radical (unpaired) electrons. The zero-order valence-corrected chi connectivity index (χ0v) is 22.4. The van der Waals surface area contributed by atoms with Crippen LogP contribution < -0.4 is 0 Å². The molecule has 1 heteroatoms. The lowest BCUT2D eigenvalue weighted by Gasteiger charge is -2.63. The van der Waals surface area contributed by atoms with Crippen molar-refractivity contribution in [2.45, 2.75) is 125 Å². The van der Waals surface area contributed by atoms with E-state index in [4.69, 9.17) is 0 Å². The first-order valence-corrected chi connectivity index (χ1v) is 14.2. The van der Waals surface area contributed by atoms with E-state index in [1.807, 2.05) is 0 Å². The Morgan fingerprint density at radius 1 is 0.844 bits per heavy atom. The standard InChI is InChI=1S/C31H52O/c1-20(2)21(3)9-10-22(4)23-13-15-29(8)25-12-11-24-27(5,6)26(32)14-16-30(24)19-31(25,30)18-17-28(23,29)7/h20,22-26,32H,3,9-19H2,1-2,4-8H3/t22-,23?,24?,25+,26?,28-,29+,30?,31?/m1/s1. The number of hydrogen-bond acceptors (Lipinski definition) is 1. The lowest BCUT2D eigenvalue weighted by molar-refractivity contribution is -0.161. The van der Waals surface area contributed by atoms with E-state index in [-0.39, 0.29) is 11.5 Å². The third kappa shape index (κ3) is 2.73. The van der Waals surface area contributed by atoms with Gasteiger partial charge in [-0.1, -0.05) is 60.6 Å². The van der Waals surface area contributed by atoms with Crippen molar-refractivity contribution in [1.29, 1.82) is 0 Å². The van der Waals surface area contributed by atoms with Gasteiger partial charge in [0.2, 0.25) is 0 Å². The molecule has 0 heterocycles. The van der Waals surface area contributed by atoms with Crippen LogP contribution in [0.3, 0.4) is 0 Å². The molecule has 5 aliphatic carbocycles. The summed E-state index contributed by atoms with van der Waals surface area (Å²) in [5.74, 6) is 4.02. The van der Waals surface area contributed by atoms with Crippen LogP contribution in [0.4, 0.5) is 0 Å². The van der Waals surface area contributed by atoms with Crippen molar-refractivity contribution in [1.82, 2.24) is 0 Å². The van der Waals surface area contributed by atoms with Gasteiger partial charge < -0.3 is 5.11 Å². The molecule has 182 valence electrons. The molecule has 32 heavy (non-hydrogen) atoms. The van der Waals surface area contributed by atoms with Crippen LogP contribution in [0.1, 0.15) is 119 Å². The van der Waals surface area contributed by atoms with Crippen LogP contribution in [-0.4, -0.2) is 11.2 Å². The maximum absolute atomic E-state index is 10.9. The van der Waals surface area contributed by atoms with E-state index >= 15 is 0 Å². The first-order chi connectivity index (χ1) is 14.9. The van der Waals surface area contributed by atoms with Gasteiger partial charge in [-0.25, -0.2) is 0 Å². The second-order valence-electron chi connectivity index (χ2n) is 14.9. The number of hydrogen-bond donors (Lipinski definition) is 1. The van der Waals surface area contributed by atoms with Crippen molar-refractivity contribution >= 4 is 0 Å². The maximum Gasteiger partial charge on any atom is 0.0594 e. The quantitative estimate of drug-likeness (QED) is 0.425. The first-order valence-electron chi connectivity index (χ1n) is 14.2. The van der Waals surface area contributed by atoms with Gasteiger partial charge in [-0.2, -0.15) is 0 Å². The Balaban J connectivity index is 1.39. The number of aliphatic hydroxyl groups excluding tert-OH is 1. The molecule has 5 aliphatic rings. The molecule has 0 aromatic heterocycles. The molecule has 5 fully saturated rings. The van der Waals surface area contributed by atoms with Gasteiger partial charge in [-0.3, -0.25) is 0 Å². The molecule has 1 N–H and O–H groups in total. The fourth-order valence-electron chi connectivity index (χ4n) is 11.2. The van der Waals surface area contributed by atoms with Crippen molar-refractivity contribution in [2.75, 3.05) is 0 Å². The average molecular weight is 441 g/mol. The summed E-state index contributed by atoms with van der Waals surface area (Å²) in [5.41, 5.74) is 3.79. The number of allylic oxidation sites excluding steroid dienone is 1. The lowest BCUT2D eigenvalue weighted by Crippen LogP contribution is -2.57. The summed E-state index contributed by atoms with van der Waals surface area (Å²) in [6.07, 6.45) is 15.0. The predicted octanol–water partition coefficient (Wildman–Crippen LogP) is 8.41. The van der Waals surface area contributed by atoms with Crippen molar-refractivity contribution in [3.8, 4) is 0 Å². The van der Waals surface area contributed by atoms with Crippen molar-refractivity contribution in [2.24, 2.45) is 56.7 Å². The molecule has 1 nitrogen and oxygen atoms in total. The normalized spacial score (nSPS) is 51.9. The van der Waals surface area contributed by atoms with Crippen LogP contribution >= 0.6 is 0 Å². The van der Waals surface area contributed by atoms with E-state index in [0.717, 1.165) is 30.1 Å². The summed E-state index contributed by atoms with van der Waals surface area (Å²) in [5, 5.41) is 10.9. The molecule has 0 bridgehead atoms. The van der Waals surface area contributed by atoms with E-state index in [1.165, 1.54) is 69.8 Å². The Morgan fingerprint density at radius 3 is 2.19 bits per heavy atom. The van der Waals surface area contributed by atoms with E-state index in [9.17, 15) is 5.11 Å². The number of rotatable bonds is 5. The van der Waals surface area contributed by atoms with Crippen molar-refractivity contribution in [3.63, 3.8) is 0 Å². The average Bonchev–Trinajstić information content (AvgIpc) is 3.31. The SMILES string of the molecule is C=C(CC[C@@H](C)C1CC[C@@]2(C)[C@@H]3CCC4C(C)(C)C(O)CCC45CC35CC[C@]12C)C(C)C. The molecule has 9 atom stereocenters. The Bertz CT molecular complexity index is 779. The van der Waals surface area contributed by atoms with Crippen molar-refractivity contribution in [3.05, 3.63) is 12.2 Å². The fourth-order valence-corrected chi connectivity index (χ4v) is 11.2. The Labute approximate surface area is 199 Å². The number of fused-ring (bicyclic) bond motifs is 2. The van der Waals surface area contributed by atoms with Crippen molar-refractivity contribution < 1.29 is 5.11 Å². The van der Waals surface area contributed by atoms with Gasteiger partial charge in [0.05, 0.1) is 6.10 Å². The molecule has 0 amide bonds. The third-order valence-corrected chi connectivity index (χ3v) is 13.6. The van der Waals surface area contributed by atoms with Gasteiger partial charge in [0.25, 0.3) is 0 Å². The molecule has 0 aliphatic heterocycles. The molecule has 0 aromatic carbocycles. The smallest absolute Gasteiger partial charge is 0.0594 e. The minimum absolute atomic E-state index is 0.0888. The van der Waals surface area contributed by atoms with Crippen LogP contribution in [-0.2, 0) is 0 Å². The first kappa shape index (κ1) is 23.4. The second-order valence-corrected chi connectivity index (χ2v) is 14.9. The van der Waals surface area contributed by atoms with E-state index in [0.29, 0.717) is 27.6 Å². The van der Waals surface area contributed by atoms with Gasteiger partial charge in [-0.05, 0) is 127 Å². The highest BCUT2D eigenvalue weighted by molar-refractivity contribution is 5.30. The minimum Gasteiger partial charge on any atom is -0.393 e. The molecule has 0 aromatic rings. The Morgan fingerprint density at radius 2 is 1.50 bits per heavy atom. The third-order valence-electron chi connectivity index (χ3n) is 13.6. The van der Waals surface area contributed by atoms with Gasteiger partial charge in [0.1, 0.15) is 0 Å². The fraction of sp³-hybridized carbons (Fsp3) is 0.935. The van der Waals surface area contributed by atoms with E-state index in [1.54, 1.807) is 0 Å². The molecule has 0 saturated heterocycles. The highest BCUT2D eigenvalue weighted by atomic mass is 16.3. The van der Waals surface area contributed by atoms with Crippen LogP contribution in [0.5, 0.6) is 0 Å². The van der Waals surface area contributed by atoms with Crippen LogP contribution in [0.25, 0.3) is 0 Å². The lowest BCUT2D eigenvalue weighted by atomic mass is 9.41. The van der Waals surface area contributed by atoms with Crippen LogP contribution in [0, 0.1) is 56.7 Å². The second kappa shape index (κ2) is 7.11. The predicted molar refractivity (Wildman–Crippen MR) is 135 cm³/mol. The van der Waals surface area contributed by atoms with Gasteiger partial charge >= 0.3 is 0 Å². The molecule has 5 rings (SSSR count). The maximum atomic E-state index is 10.9. The summed E-state index contributed by atoms with van der Waals surface area (Å²) in [4.78, 5) is 0. The summed E-state index contributed by atoms with van der Waals surface area (Å²) in [6.45, 7) is 21.8. The molecular formula is C31H52O. The topological polar surface area (TPSA) is 20.2 Å². The summed E-state index contributed by atoms with van der Waals surface area (Å²) >= 11 is 0. The zero-order chi connectivity index (χ0) is 23.3. The van der Waals surface area contributed by atoms with Gasteiger partial charge in [-0.15, -0.1) is 0 Å². The van der Waals surface area contributed by atoms with E-state index < -0.39 is 0 Å².